The Kier molecular flexibility index (Phi) is 4.05. The van der Waals surface area contributed by atoms with Gasteiger partial charge in [0.25, 0.3) is 5.78 Å². The Balaban J connectivity index is 1.92. The Hall–Kier alpha value is -1.93. The molecule has 1 fully saturated rings. The van der Waals surface area contributed by atoms with E-state index in [0.717, 1.165) is 36.6 Å². The Morgan fingerprint density at radius 2 is 2.00 bits per heavy atom. The second kappa shape index (κ2) is 5.59. The zero-order chi connectivity index (χ0) is 14.8. The summed E-state index contributed by atoms with van der Waals surface area (Å²) in [5.74, 6) is -2.42. The third-order valence-electron chi connectivity index (χ3n) is 3.05. The van der Waals surface area contributed by atoms with E-state index in [2.05, 4.69) is 15.6 Å². The second-order valence-electron chi connectivity index (χ2n) is 4.68. The van der Waals surface area contributed by atoms with E-state index >= 15 is 0 Å². The van der Waals surface area contributed by atoms with Gasteiger partial charge in [0.1, 0.15) is 6.54 Å². The first-order valence-electron chi connectivity index (χ1n) is 6.17. The smallest absolute Gasteiger partial charge is 0.352 e. The van der Waals surface area contributed by atoms with Crippen LogP contribution in [0.25, 0.3) is 0 Å². The monoisotopic (exact) mass is 290 g/mol. The van der Waals surface area contributed by atoms with E-state index < -0.39 is 17.7 Å². The van der Waals surface area contributed by atoms with Crippen LogP contribution in [0.15, 0.2) is 6.20 Å². The Labute approximate surface area is 112 Å². The molecule has 0 unspecified atom stereocenters. The molecule has 1 aromatic rings. The summed E-state index contributed by atoms with van der Waals surface area (Å²) in [7, 11) is 0. The number of alkyl halides is 3. The summed E-state index contributed by atoms with van der Waals surface area (Å²) in [5.41, 5.74) is -0.814. The lowest BCUT2D eigenvalue weighted by Crippen LogP contribution is -2.35. The lowest BCUT2D eigenvalue weighted by molar-refractivity contribution is -0.122. The number of nitrogens with zero attached hydrogens (tertiary/aromatic N) is 3. The molecular formula is C11H13F3N4O2. The molecule has 1 aromatic heterocycles. The average Bonchev–Trinajstić information content (AvgIpc) is 2.98. The molecule has 1 saturated carbocycles. The Morgan fingerprint density at radius 3 is 2.60 bits per heavy atom. The van der Waals surface area contributed by atoms with Gasteiger partial charge in [0.2, 0.25) is 5.91 Å². The van der Waals surface area contributed by atoms with Gasteiger partial charge in [-0.1, -0.05) is 18.1 Å². The molecule has 0 bridgehead atoms. The molecule has 0 spiro atoms. The molecule has 1 amide bonds. The molecule has 1 aliphatic rings. The predicted molar refractivity (Wildman–Crippen MR) is 60.8 cm³/mol. The maximum Gasteiger partial charge on any atom is 0.456 e. The maximum absolute atomic E-state index is 12.2. The first-order valence-corrected chi connectivity index (χ1v) is 6.17. The number of hydrogen-bond donors (Lipinski definition) is 1. The number of aromatic nitrogens is 3. The highest BCUT2D eigenvalue weighted by molar-refractivity contribution is 5.98. The van der Waals surface area contributed by atoms with Gasteiger partial charge in [-0.3, -0.25) is 9.59 Å². The van der Waals surface area contributed by atoms with Crippen LogP contribution in [0.4, 0.5) is 13.2 Å². The van der Waals surface area contributed by atoms with Crippen LogP contribution in [-0.2, 0) is 11.3 Å². The van der Waals surface area contributed by atoms with Gasteiger partial charge in [-0.2, -0.15) is 13.2 Å². The summed E-state index contributed by atoms with van der Waals surface area (Å²) in [5, 5.41) is 9.24. The fraction of sp³-hybridized carbons (Fsp3) is 0.636. The third-order valence-corrected chi connectivity index (χ3v) is 3.05. The van der Waals surface area contributed by atoms with Crippen molar-refractivity contribution in [1.29, 1.82) is 0 Å². The van der Waals surface area contributed by atoms with Crippen LogP contribution in [-0.4, -0.2) is 38.9 Å². The molecule has 110 valence electrons. The molecule has 9 heteroatoms. The number of rotatable bonds is 4. The quantitative estimate of drug-likeness (QED) is 0.842. The van der Waals surface area contributed by atoms with Crippen molar-refractivity contribution in [3.63, 3.8) is 0 Å². The van der Waals surface area contributed by atoms with Crippen molar-refractivity contribution in [2.45, 2.75) is 44.4 Å². The summed E-state index contributed by atoms with van der Waals surface area (Å²) in [4.78, 5) is 22.5. The number of carbonyl (C=O) groups is 2. The van der Waals surface area contributed by atoms with Gasteiger partial charge in [0, 0.05) is 6.04 Å². The highest BCUT2D eigenvalue weighted by Gasteiger charge is 2.41. The molecule has 0 atom stereocenters. The highest BCUT2D eigenvalue weighted by atomic mass is 19.4. The third kappa shape index (κ3) is 3.55. The molecule has 0 radical (unpaired) electrons. The van der Waals surface area contributed by atoms with Crippen molar-refractivity contribution in [2.75, 3.05) is 0 Å². The standard InChI is InChI=1S/C11H13F3N4O2/c12-11(13,14)10(20)8-5-18(17-16-8)6-9(19)15-7-3-1-2-4-7/h5,7H,1-4,6H2,(H,15,19). The van der Waals surface area contributed by atoms with E-state index in [1.165, 1.54) is 0 Å². The van der Waals surface area contributed by atoms with E-state index in [9.17, 15) is 22.8 Å². The first-order chi connectivity index (χ1) is 9.36. The molecule has 1 N–H and O–H groups in total. The minimum absolute atomic E-state index is 0.113. The molecule has 6 nitrogen and oxygen atoms in total. The van der Waals surface area contributed by atoms with Crippen LogP contribution in [0.2, 0.25) is 0 Å². The van der Waals surface area contributed by atoms with Crippen molar-refractivity contribution in [2.24, 2.45) is 0 Å². The molecule has 20 heavy (non-hydrogen) atoms. The van der Waals surface area contributed by atoms with Crippen molar-refractivity contribution >= 4 is 11.7 Å². The summed E-state index contributed by atoms with van der Waals surface area (Å²) in [6.45, 7) is -0.255. The van der Waals surface area contributed by atoms with Crippen LogP contribution in [0.1, 0.15) is 36.2 Å². The largest absolute Gasteiger partial charge is 0.456 e. The maximum atomic E-state index is 12.2. The van der Waals surface area contributed by atoms with Crippen LogP contribution in [0.3, 0.4) is 0 Å². The van der Waals surface area contributed by atoms with Gasteiger partial charge in [-0.25, -0.2) is 4.68 Å². The van der Waals surface area contributed by atoms with Gasteiger partial charge >= 0.3 is 6.18 Å². The number of halogens is 3. The molecular weight excluding hydrogens is 277 g/mol. The molecule has 0 aliphatic heterocycles. The Morgan fingerprint density at radius 1 is 1.35 bits per heavy atom. The number of carbonyl (C=O) groups excluding carboxylic acids is 2. The number of amides is 1. The molecule has 0 saturated heterocycles. The fourth-order valence-corrected chi connectivity index (χ4v) is 2.12. The summed E-state index contributed by atoms with van der Waals surface area (Å²) in [6.07, 6.45) is -0.254. The van der Waals surface area contributed by atoms with E-state index in [1.54, 1.807) is 0 Å². The van der Waals surface area contributed by atoms with Gasteiger partial charge in [0.15, 0.2) is 5.69 Å². The number of nitrogens with one attached hydrogen (secondary N) is 1. The van der Waals surface area contributed by atoms with Gasteiger partial charge in [-0.05, 0) is 12.8 Å². The topological polar surface area (TPSA) is 76.9 Å². The SMILES string of the molecule is O=C(Cn1cc(C(=O)C(F)(F)F)nn1)NC1CCCC1. The summed E-state index contributed by atoms with van der Waals surface area (Å²) < 4.78 is 37.4. The minimum Gasteiger partial charge on any atom is -0.352 e. The number of ketones is 1. The summed E-state index contributed by atoms with van der Waals surface area (Å²) >= 11 is 0. The molecule has 2 rings (SSSR count). The normalized spacial score (nSPS) is 16.4. The Bertz CT molecular complexity index is 506. The predicted octanol–water partition coefficient (Wildman–Crippen LogP) is 1.08. The highest BCUT2D eigenvalue weighted by Crippen LogP contribution is 2.20. The van der Waals surface area contributed by atoms with Gasteiger partial charge < -0.3 is 5.32 Å². The van der Waals surface area contributed by atoms with E-state index in [-0.39, 0.29) is 18.5 Å². The lowest BCUT2D eigenvalue weighted by Gasteiger charge is -2.11. The van der Waals surface area contributed by atoms with Crippen LogP contribution in [0.5, 0.6) is 0 Å². The van der Waals surface area contributed by atoms with E-state index in [1.807, 2.05) is 0 Å². The van der Waals surface area contributed by atoms with Gasteiger partial charge in [-0.15, -0.1) is 5.10 Å². The van der Waals surface area contributed by atoms with Crippen molar-refractivity contribution in [3.8, 4) is 0 Å². The minimum atomic E-state index is -4.99. The number of hydrogen-bond acceptors (Lipinski definition) is 4. The van der Waals surface area contributed by atoms with Crippen LogP contribution < -0.4 is 5.32 Å². The van der Waals surface area contributed by atoms with Crippen molar-refractivity contribution < 1.29 is 22.8 Å². The van der Waals surface area contributed by atoms with Crippen LogP contribution in [0, 0.1) is 0 Å². The van der Waals surface area contributed by atoms with Crippen molar-refractivity contribution in [1.82, 2.24) is 20.3 Å². The average molecular weight is 290 g/mol. The zero-order valence-corrected chi connectivity index (χ0v) is 10.5. The van der Waals surface area contributed by atoms with Crippen LogP contribution >= 0.6 is 0 Å². The van der Waals surface area contributed by atoms with E-state index in [0.29, 0.717) is 0 Å². The van der Waals surface area contributed by atoms with Gasteiger partial charge in [0.05, 0.1) is 6.20 Å². The molecule has 0 aromatic carbocycles. The van der Waals surface area contributed by atoms with Crippen molar-refractivity contribution in [3.05, 3.63) is 11.9 Å². The number of Topliss-reactive ketones (excluding diaryl/α,β-unsaturated/α-hetero) is 1. The summed E-state index contributed by atoms with van der Waals surface area (Å²) in [6, 6.07) is 0.113. The lowest BCUT2D eigenvalue weighted by atomic mass is 10.2. The van der Waals surface area contributed by atoms with E-state index in [4.69, 9.17) is 0 Å². The zero-order valence-electron chi connectivity index (χ0n) is 10.5. The first kappa shape index (κ1) is 14.5. The molecule has 1 heterocycles. The second-order valence-corrected chi connectivity index (χ2v) is 4.68. The fourth-order valence-electron chi connectivity index (χ4n) is 2.12. The molecule has 1 aliphatic carbocycles.